The van der Waals surface area contributed by atoms with E-state index in [0.29, 0.717) is 5.92 Å². The molecular weight excluding hydrogens is 324 g/mol. The number of hydrogen-bond donors (Lipinski definition) is 0. The van der Waals surface area contributed by atoms with Crippen LogP contribution in [0.5, 0.6) is 0 Å². The Morgan fingerprint density at radius 2 is 2.04 bits per heavy atom. The lowest BCUT2D eigenvalue weighted by molar-refractivity contribution is 0.0703. The summed E-state index contributed by atoms with van der Waals surface area (Å²) in [5.41, 5.74) is 1.88. The Hall–Kier alpha value is -2.30. The molecule has 0 radical (unpaired) electrons. The van der Waals surface area contributed by atoms with Crippen molar-refractivity contribution in [2.24, 2.45) is 0 Å². The van der Waals surface area contributed by atoms with Gasteiger partial charge < -0.3 is 14.4 Å². The van der Waals surface area contributed by atoms with Crippen molar-refractivity contribution in [3.05, 3.63) is 48.0 Å². The number of carbonyl (C=O) groups excluding carboxylic acids is 1. The average Bonchev–Trinajstić information content (AvgIpc) is 3.14. The van der Waals surface area contributed by atoms with E-state index in [1.54, 1.807) is 0 Å². The van der Waals surface area contributed by atoms with Crippen molar-refractivity contribution in [2.45, 2.75) is 45.1 Å². The zero-order chi connectivity index (χ0) is 18.5. The summed E-state index contributed by atoms with van der Waals surface area (Å²) < 4.78 is 2.27. The van der Waals surface area contributed by atoms with E-state index in [-0.39, 0.29) is 5.91 Å². The molecule has 0 unspecified atom stereocenters. The highest BCUT2D eigenvalue weighted by molar-refractivity contribution is 5.94. The van der Waals surface area contributed by atoms with Gasteiger partial charge in [0.2, 0.25) is 0 Å². The molecule has 0 N–H and O–H groups in total. The molecule has 1 aromatic heterocycles. The van der Waals surface area contributed by atoms with Crippen LogP contribution < -0.4 is 4.90 Å². The Morgan fingerprint density at radius 3 is 2.73 bits per heavy atom. The maximum atomic E-state index is 12.9. The third kappa shape index (κ3) is 4.09. The topological polar surface area (TPSA) is 41.4 Å². The molecule has 0 saturated carbocycles. The Labute approximate surface area is 156 Å². The molecule has 1 aromatic carbocycles. The van der Waals surface area contributed by atoms with E-state index in [1.807, 2.05) is 54.4 Å². The minimum atomic E-state index is 0.131. The van der Waals surface area contributed by atoms with Crippen LogP contribution in [0, 0.1) is 0 Å². The van der Waals surface area contributed by atoms with Crippen molar-refractivity contribution in [1.82, 2.24) is 14.5 Å². The standard InChI is InChI=1S/C21H30N4O/c1-4-5-13-24-15-12-22-20(24)18-7-6-14-25(16-18)21(26)17-8-10-19(11-9-17)23(2)3/h8-12,15,18H,4-7,13-14,16H2,1-3H3/t18-/m0/s1. The molecule has 1 atom stereocenters. The highest BCUT2D eigenvalue weighted by Crippen LogP contribution is 2.27. The first kappa shape index (κ1) is 18.5. The predicted octanol–water partition coefficient (Wildman–Crippen LogP) is 3.77. The van der Waals surface area contributed by atoms with E-state index in [2.05, 4.69) is 22.7 Å². The molecule has 26 heavy (non-hydrogen) atoms. The number of aromatic nitrogens is 2. The molecule has 5 nitrogen and oxygen atoms in total. The smallest absolute Gasteiger partial charge is 0.253 e. The quantitative estimate of drug-likeness (QED) is 0.793. The van der Waals surface area contributed by atoms with Crippen molar-refractivity contribution in [3.8, 4) is 0 Å². The number of piperidine rings is 1. The number of hydrogen-bond acceptors (Lipinski definition) is 3. The third-order valence-electron chi connectivity index (χ3n) is 5.20. The number of carbonyl (C=O) groups is 1. The van der Waals surface area contributed by atoms with Crippen LogP contribution in [0.25, 0.3) is 0 Å². The van der Waals surface area contributed by atoms with Gasteiger partial charge in [-0.05, 0) is 43.5 Å². The van der Waals surface area contributed by atoms with Gasteiger partial charge in [-0.3, -0.25) is 4.79 Å². The van der Waals surface area contributed by atoms with E-state index in [4.69, 9.17) is 0 Å². The van der Waals surface area contributed by atoms with Gasteiger partial charge in [-0.25, -0.2) is 4.98 Å². The number of unbranched alkanes of at least 4 members (excludes halogenated alkanes) is 1. The van der Waals surface area contributed by atoms with Gasteiger partial charge in [-0.2, -0.15) is 0 Å². The van der Waals surface area contributed by atoms with E-state index >= 15 is 0 Å². The second-order valence-electron chi connectivity index (χ2n) is 7.36. The lowest BCUT2D eigenvalue weighted by Crippen LogP contribution is -2.39. The lowest BCUT2D eigenvalue weighted by atomic mass is 9.96. The van der Waals surface area contributed by atoms with Gasteiger partial charge in [0.15, 0.2) is 0 Å². The summed E-state index contributed by atoms with van der Waals surface area (Å²) in [6.07, 6.45) is 8.45. The number of likely N-dealkylation sites (tertiary alicyclic amines) is 1. The summed E-state index contributed by atoms with van der Waals surface area (Å²) in [7, 11) is 4.01. The zero-order valence-electron chi connectivity index (χ0n) is 16.2. The van der Waals surface area contributed by atoms with Gasteiger partial charge >= 0.3 is 0 Å². The Balaban J connectivity index is 1.70. The highest BCUT2D eigenvalue weighted by Gasteiger charge is 2.27. The minimum Gasteiger partial charge on any atom is -0.378 e. The SMILES string of the molecule is CCCCn1ccnc1[C@H]1CCCN(C(=O)c2ccc(N(C)C)cc2)C1. The first-order chi connectivity index (χ1) is 12.6. The van der Waals surface area contributed by atoms with Gasteiger partial charge in [0, 0.05) is 63.3 Å². The fraction of sp³-hybridized carbons (Fsp3) is 0.524. The van der Waals surface area contributed by atoms with Crippen molar-refractivity contribution in [3.63, 3.8) is 0 Å². The Kier molecular flexibility index (Phi) is 5.96. The fourth-order valence-corrected chi connectivity index (χ4v) is 3.66. The number of nitrogens with zero attached hydrogens (tertiary/aromatic N) is 4. The summed E-state index contributed by atoms with van der Waals surface area (Å²) >= 11 is 0. The Bertz CT molecular complexity index is 720. The summed E-state index contributed by atoms with van der Waals surface area (Å²) in [4.78, 5) is 21.6. The number of amides is 1. The molecule has 1 aliphatic heterocycles. The number of rotatable bonds is 6. The summed E-state index contributed by atoms with van der Waals surface area (Å²) in [6, 6.07) is 7.88. The van der Waals surface area contributed by atoms with Crippen LogP contribution in [0.4, 0.5) is 5.69 Å². The van der Waals surface area contributed by atoms with Crippen molar-refractivity contribution in [1.29, 1.82) is 0 Å². The maximum Gasteiger partial charge on any atom is 0.253 e. The Morgan fingerprint density at radius 1 is 1.27 bits per heavy atom. The van der Waals surface area contributed by atoms with E-state index in [0.717, 1.165) is 56.0 Å². The van der Waals surface area contributed by atoms with Gasteiger partial charge in [0.25, 0.3) is 5.91 Å². The number of benzene rings is 1. The van der Waals surface area contributed by atoms with Gasteiger partial charge in [-0.1, -0.05) is 13.3 Å². The molecule has 1 fully saturated rings. The second-order valence-corrected chi connectivity index (χ2v) is 7.36. The minimum absolute atomic E-state index is 0.131. The first-order valence-electron chi connectivity index (χ1n) is 9.68. The predicted molar refractivity (Wildman–Crippen MR) is 106 cm³/mol. The van der Waals surface area contributed by atoms with E-state index < -0.39 is 0 Å². The first-order valence-corrected chi connectivity index (χ1v) is 9.68. The van der Waals surface area contributed by atoms with Crippen LogP contribution in [0.1, 0.15) is 54.7 Å². The lowest BCUT2D eigenvalue weighted by Gasteiger charge is -2.33. The molecule has 0 bridgehead atoms. The van der Waals surface area contributed by atoms with Gasteiger partial charge in [0.05, 0.1) is 0 Å². The number of anilines is 1. The summed E-state index contributed by atoms with van der Waals surface area (Å²) in [6.45, 7) is 4.82. The molecule has 1 aliphatic rings. The molecule has 0 aliphatic carbocycles. The monoisotopic (exact) mass is 354 g/mol. The zero-order valence-corrected chi connectivity index (χ0v) is 16.2. The normalized spacial score (nSPS) is 17.3. The molecule has 2 aromatic rings. The van der Waals surface area contributed by atoms with Crippen LogP contribution in [-0.2, 0) is 6.54 Å². The van der Waals surface area contributed by atoms with E-state index in [9.17, 15) is 4.79 Å². The maximum absolute atomic E-state index is 12.9. The van der Waals surface area contributed by atoms with Crippen LogP contribution in [-0.4, -0.2) is 47.5 Å². The van der Waals surface area contributed by atoms with Crippen LogP contribution in [0.2, 0.25) is 0 Å². The summed E-state index contributed by atoms with van der Waals surface area (Å²) in [5, 5.41) is 0. The summed E-state index contributed by atoms with van der Waals surface area (Å²) in [5.74, 6) is 1.60. The second kappa shape index (κ2) is 8.39. The van der Waals surface area contributed by atoms with Crippen molar-refractivity contribution < 1.29 is 4.79 Å². The molecule has 140 valence electrons. The molecule has 2 heterocycles. The molecule has 1 saturated heterocycles. The van der Waals surface area contributed by atoms with E-state index in [1.165, 1.54) is 6.42 Å². The average molecular weight is 354 g/mol. The van der Waals surface area contributed by atoms with Gasteiger partial charge in [-0.15, -0.1) is 0 Å². The molecule has 0 spiro atoms. The largest absolute Gasteiger partial charge is 0.378 e. The van der Waals surface area contributed by atoms with Crippen molar-refractivity contribution in [2.75, 3.05) is 32.1 Å². The van der Waals surface area contributed by atoms with Crippen LogP contribution in [0.3, 0.4) is 0 Å². The molecular formula is C21H30N4O. The molecule has 5 heteroatoms. The number of imidazole rings is 1. The van der Waals surface area contributed by atoms with Crippen molar-refractivity contribution >= 4 is 11.6 Å². The molecule has 1 amide bonds. The van der Waals surface area contributed by atoms with Gasteiger partial charge in [0.1, 0.15) is 5.82 Å². The highest BCUT2D eigenvalue weighted by atomic mass is 16.2. The fourth-order valence-electron chi connectivity index (χ4n) is 3.66. The number of aryl methyl sites for hydroxylation is 1. The molecule has 3 rings (SSSR count). The van der Waals surface area contributed by atoms with Crippen LogP contribution >= 0.6 is 0 Å². The van der Waals surface area contributed by atoms with Crippen LogP contribution in [0.15, 0.2) is 36.7 Å². The third-order valence-corrected chi connectivity index (χ3v) is 5.20.